The smallest absolute Gasteiger partial charge is 0.307 e. The predicted molar refractivity (Wildman–Crippen MR) is 113 cm³/mol. The molecular formula is C22H30N2O6. The van der Waals surface area contributed by atoms with Crippen molar-refractivity contribution >= 4 is 23.3 Å². The summed E-state index contributed by atoms with van der Waals surface area (Å²) in [5.41, 5.74) is 1.38. The number of hydrogen-bond acceptors (Lipinski definition) is 6. The molecule has 0 unspecified atom stereocenters. The average Bonchev–Trinajstić information content (AvgIpc) is 2.76. The number of rotatable bonds is 8. The van der Waals surface area contributed by atoms with E-state index < -0.39 is 17.8 Å². The molecular weight excluding hydrogens is 388 g/mol. The fourth-order valence-electron chi connectivity index (χ4n) is 3.85. The average molecular weight is 418 g/mol. The first-order valence-electron chi connectivity index (χ1n) is 10.5. The van der Waals surface area contributed by atoms with Gasteiger partial charge in [0.2, 0.25) is 5.91 Å². The first-order valence-corrected chi connectivity index (χ1v) is 10.5. The Morgan fingerprint density at radius 2 is 1.70 bits per heavy atom. The molecule has 0 saturated carbocycles. The number of nitrogens with one attached hydrogen (secondary N) is 1. The molecule has 0 radical (unpaired) electrons. The molecule has 0 bridgehead atoms. The molecule has 1 amide bonds. The van der Waals surface area contributed by atoms with Crippen molar-refractivity contribution in [3.05, 3.63) is 24.3 Å². The molecule has 164 valence electrons. The molecule has 3 rings (SSSR count). The second-order valence-electron chi connectivity index (χ2n) is 7.26. The zero-order chi connectivity index (χ0) is 21.5. The van der Waals surface area contributed by atoms with Gasteiger partial charge in [-0.1, -0.05) is 12.2 Å². The molecule has 1 aromatic carbocycles. The van der Waals surface area contributed by atoms with Crippen LogP contribution < -0.4 is 19.7 Å². The first kappa shape index (κ1) is 22.0. The fourth-order valence-corrected chi connectivity index (χ4v) is 3.85. The van der Waals surface area contributed by atoms with Crippen LogP contribution in [0.4, 0.5) is 11.4 Å². The number of hydrogen-bond donors (Lipinski definition) is 2. The molecule has 2 N–H and O–H groups in total. The van der Waals surface area contributed by atoms with E-state index in [0.29, 0.717) is 56.5 Å². The van der Waals surface area contributed by atoms with Gasteiger partial charge >= 0.3 is 5.97 Å². The SMILES string of the molecule is CCOc1cc(N2CCOCC2)c(OCC)cc1NC(=O)[C@@H]1CC=CC[C@@H]1C(=O)O. The topological polar surface area (TPSA) is 97.3 Å². The van der Waals surface area contributed by atoms with Crippen molar-refractivity contribution in [2.24, 2.45) is 11.8 Å². The van der Waals surface area contributed by atoms with E-state index in [9.17, 15) is 14.7 Å². The van der Waals surface area contributed by atoms with Crippen molar-refractivity contribution in [3.8, 4) is 11.5 Å². The molecule has 1 saturated heterocycles. The molecule has 30 heavy (non-hydrogen) atoms. The van der Waals surface area contributed by atoms with Crippen LogP contribution in [0.3, 0.4) is 0 Å². The molecule has 0 aromatic heterocycles. The number of carbonyl (C=O) groups is 2. The summed E-state index contributed by atoms with van der Waals surface area (Å²) in [6, 6.07) is 3.65. The van der Waals surface area contributed by atoms with Crippen LogP contribution in [-0.4, -0.2) is 56.5 Å². The van der Waals surface area contributed by atoms with Gasteiger partial charge in [-0.05, 0) is 26.7 Å². The molecule has 0 spiro atoms. The van der Waals surface area contributed by atoms with Gasteiger partial charge in [-0.2, -0.15) is 0 Å². The summed E-state index contributed by atoms with van der Waals surface area (Å²) >= 11 is 0. The molecule has 8 heteroatoms. The lowest BCUT2D eigenvalue weighted by molar-refractivity contribution is -0.146. The Morgan fingerprint density at radius 3 is 2.33 bits per heavy atom. The summed E-state index contributed by atoms with van der Waals surface area (Å²) in [6.45, 7) is 7.46. The lowest BCUT2D eigenvalue weighted by atomic mass is 9.82. The van der Waals surface area contributed by atoms with E-state index in [2.05, 4.69) is 10.2 Å². The molecule has 2 atom stereocenters. The Morgan fingerprint density at radius 1 is 1.07 bits per heavy atom. The van der Waals surface area contributed by atoms with Gasteiger partial charge in [-0.15, -0.1) is 0 Å². The number of nitrogens with zero attached hydrogens (tertiary/aromatic N) is 1. The first-order chi connectivity index (χ1) is 14.5. The number of morpholine rings is 1. The number of carboxylic acid groups (broad SMARTS) is 1. The number of aliphatic carboxylic acids is 1. The zero-order valence-corrected chi connectivity index (χ0v) is 17.6. The van der Waals surface area contributed by atoms with Crippen molar-refractivity contribution in [1.82, 2.24) is 0 Å². The Hall–Kier alpha value is -2.74. The highest BCUT2D eigenvalue weighted by Gasteiger charge is 2.34. The van der Waals surface area contributed by atoms with Crippen molar-refractivity contribution in [2.45, 2.75) is 26.7 Å². The number of carbonyl (C=O) groups excluding carboxylic acids is 1. The van der Waals surface area contributed by atoms with Gasteiger partial charge in [0.15, 0.2) is 0 Å². The highest BCUT2D eigenvalue weighted by atomic mass is 16.5. The third-order valence-corrected chi connectivity index (χ3v) is 5.36. The molecule has 1 aromatic rings. The van der Waals surface area contributed by atoms with E-state index in [1.165, 1.54) is 0 Å². The predicted octanol–water partition coefficient (Wildman–Crippen LogP) is 2.93. The minimum absolute atomic E-state index is 0.325. The molecule has 1 heterocycles. The van der Waals surface area contributed by atoms with Gasteiger partial charge in [0.05, 0.1) is 49.6 Å². The van der Waals surface area contributed by atoms with Gasteiger partial charge in [-0.3, -0.25) is 9.59 Å². The van der Waals surface area contributed by atoms with Crippen molar-refractivity contribution < 1.29 is 28.9 Å². The summed E-state index contributed by atoms with van der Waals surface area (Å²) < 4.78 is 17.1. The van der Waals surface area contributed by atoms with Crippen LogP contribution in [0.25, 0.3) is 0 Å². The highest BCUT2D eigenvalue weighted by molar-refractivity contribution is 5.97. The fraction of sp³-hybridized carbons (Fsp3) is 0.545. The standard InChI is InChI=1S/C22H30N2O6/c1-3-29-19-14-18(24-9-11-28-12-10-24)20(30-4-2)13-17(19)23-21(25)15-7-5-6-8-16(15)22(26)27/h5-6,13-16H,3-4,7-12H2,1-2H3,(H,23,25)(H,26,27)/t15-,16+/m1/s1. The van der Waals surface area contributed by atoms with E-state index in [4.69, 9.17) is 14.2 Å². The number of ether oxygens (including phenoxy) is 3. The highest BCUT2D eigenvalue weighted by Crippen LogP contribution is 2.40. The molecule has 2 aliphatic rings. The Kier molecular flexibility index (Phi) is 7.57. The third kappa shape index (κ3) is 5.05. The van der Waals surface area contributed by atoms with Crippen molar-refractivity contribution in [3.63, 3.8) is 0 Å². The van der Waals surface area contributed by atoms with E-state index in [1.54, 1.807) is 6.07 Å². The number of allylic oxidation sites excluding steroid dienone is 2. The quantitative estimate of drug-likeness (QED) is 0.627. The van der Waals surface area contributed by atoms with Crippen LogP contribution in [-0.2, 0) is 14.3 Å². The van der Waals surface area contributed by atoms with Crippen LogP contribution in [0.2, 0.25) is 0 Å². The number of amides is 1. The number of carboxylic acids is 1. The summed E-state index contributed by atoms with van der Waals surface area (Å²) in [4.78, 5) is 26.7. The second-order valence-corrected chi connectivity index (χ2v) is 7.26. The van der Waals surface area contributed by atoms with Gasteiger partial charge in [-0.25, -0.2) is 0 Å². The minimum Gasteiger partial charge on any atom is -0.492 e. The maximum atomic E-state index is 13.0. The second kappa shape index (κ2) is 10.3. The van der Waals surface area contributed by atoms with Crippen molar-refractivity contribution in [2.75, 3.05) is 49.7 Å². The molecule has 1 aliphatic carbocycles. The van der Waals surface area contributed by atoms with Crippen LogP contribution in [0.1, 0.15) is 26.7 Å². The third-order valence-electron chi connectivity index (χ3n) is 5.36. The number of benzene rings is 1. The van der Waals surface area contributed by atoms with Gasteiger partial charge in [0, 0.05) is 25.2 Å². The molecule has 8 nitrogen and oxygen atoms in total. The number of anilines is 2. The molecule has 1 aliphatic heterocycles. The summed E-state index contributed by atoms with van der Waals surface area (Å²) in [5, 5.41) is 12.4. The Bertz CT molecular complexity index is 788. The van der Waals surface area contributed by atoms with Crippen LogP contribution in [0, 0.1) is 11.8 Å². The Labute approximate surface area is 176 Å². The van der Waals surface area contributed by atoms with E-state index in [1.807, 2.05) is 32.1 Å². The molecule has 1 fully saturated rings. The normalized spacial score (nSPS) is 21.2. The van der Waals surface area contributed by atoms with E-state index >= 15 is 0 Å². The van der Waals surface area contributed by atoms with Crippen LogP contribution >= 0.6 is 0 Å². The monoisotopic (exact) mass is 418 g/mol. The van der Waals surface area contributed by atoms with E-state index in [0.717, 1.165) is 18.8 Å². The van der Waals surface area contributed by atoms with E-state index in [-0.39, 0.29) is 5.91 Å². The van der Waals surface area contributed by atoms with Gasteiger partial charge in [0.25, 0.3) is 0 Å². The summed E-state index contributed by atoms with van der Waals surface area (Å²) in [7, 11) is 0. The minimum atomic E-state index is -0.956. The maximum absolute atomic E-state index is 13.0. The summed E-state index contributed by atoms with van der Waals surface area (Å²) in [6.07, 6.45) is 4.43. The largest absolute Gasteiger partial charge is 0.492 e. The Balaban J connectivity index is 1.90. The zero-order valence-electron chi connectivity index (χ0n) is 17.6. The van der Waals surface area contributed by atoms with Crippen LogP contribution in [0.15, 0.2) is 24.3 Å². The maximum Gasteiger partial charge on any atom is 0.307 e. The van der Waals surface area contributed by atoms with Crippen molar-refractivity contribution in [1.29, 1.82) is 0 Å². The van der Waals surface area contributed by atoms with Gasteiger partial charge in [0.1, 0.15) is 11.5 Å². The summed E-state index contributed by atoms with van der Waals surface area (Å²) in [5.74, 6) is -1.46. The lowest BCUT2D eigenvalue weighted by Crippen LogP contribution is -2.36. The van der Waals surface area contributed by atoms with Gasteiger partial charge < -0.3 is 29.5 Å². The lowest BCUT2D eigenvalue weighted by Gasteiger charge is -2.31. The van der Waals surface area contributed by atoms with Crippen LogP contribution in [0.5, 0.6) is 11.5 Å².